The van der Waals surface area contributed by atoms with Crippen LogP contribution >= 0.6 is 23.1 Å². The number of rotatable bonds is 9. The van der Waals surface area contributed by atoms with Crippen molar-refractivity contribution in [1.82, 2.24) is 10.3 Å². The van der Waals surface area contributed by atoms with E-state index in [1.165, 1.54) is 37.1 Å². The number of aromatic nitrogens is 1. The van der Waals surface area contributed by atoms with Gasteiger partial charge in [-0.05, 0) is 31.4 Å². The quantitative estimate of drug-likeness (QED) is 0.676. The molecular weight excluding hydrogens is 224 g/mol. The molecule has 0 saturated heterocycles. The molecule has 0 bridgehead atoms. The highest BCUT2D eigenvalue weighted by atomic mass is 32.2. The molecule has 0 radical (unpaired) electrons. The lowest BCUT2D eigenvalue weighted by Gasteiger charge is -2.02. The summed E-state index contributed by atoms with van der Waals surface area (Å²) in [6.45, 7) is 2.05. The maximum absolute atomic E-state index is 4.23. The smallest absolute Gasteiger partial charge is 0.0795 e. The third kappa shape index (κ3) is 6.93. The zero-order chi connectivity index (χ0) is 10.8. The Morgan fingerprint density at radius 2 is 2.20 bits per heavy atom. The molecule has 1 N–H and O–H groups in total. The van der Waals surface area contributed by atoms with E-state index in [0.717, 1.165) is 13.1 Å². The minimum Gasteiger partial charge on any atom is -0.311 e. The van der Waals surface area contributed by atoms with Crippen LogP contribution in [0.4, 0.5) is 0 Å². The van der Waals surface area contributed by atoms with Crippen molar-refractivity contribution >= 4 is 23.1 Å². The summed E-state index contributed by atoms with van der Waals surface area (Å²) in [5.41, 5.74) is 3.06. The van der Waals surface area contributed by atoms with Crippen LogP contribution in [0.1, 0.15) is 31.4 Å². The molecule has 0 spiro atoms. The van der Waals surface area contributed by atoms with Crippen molar-refractivity contribution in [3.63, 3.8) is 0 Å². The van der Waals surface area contributed by atoms with Crippen molar-refractivity contribution in [3.05, 3.63) is 16.6 Å². The summed E-state index contributed by atoms with van der Waals surface area (Å²) in [6, 6.07) is 0. The zero-order valence-electron chi connectivity index (χ0n) is 9.37. The Balaban J connectivity index is 1.81. The van der Waals surface area contributed by atoms with Gasteiger partial charge in [0.1, 0.15) is 0 Å². The van der Waals surface area contributed by atoms with Crippen LogP contribution < -0.4 is 5.32 Å². The van der Waals surface area contributed by atoms with Gasteiger partial charge in [-0.15, -0.1) is 11.3 Å². The van der Waals surface area contributed by atoms with E-state index in [2.05, 4.69) is 21.9 Å². The second-order valence-electron chi connectivity index (χ2n) is 3.56. The predicted molar refractivity (Wildman–Crippen MR) is 70.7 cm³/mol. The average Bonchev–Trinajstić information content (AvgIpc) is 2.75. The molecule has 1 aromatic heterocycles. The van der Waals surface area contributed by atoms with Gasteiger partial charge in [0.2, 0.25) is 0 Å². The molecule has 2 nitrogen and oxygen atoms in total. The first-order valence-corrected chi connectivity index (χ1v) is 7.84. The summed E-state index contributed by atoms with van der Waals surface area (Å²) in [5, 5.41) is 5.52. The molecule has 4 heteroatoms. The third-order valence-electron chi connectivity index (χ3n) is 2.24. The highest BCUT2D eigenvalue weighted by molar-refractivity contribution is 7.98. The molecule has 0 aliphatic carbocycles. The van der Waals surface area contributed by atoms with E-state index in [0.29, 0.717) is 0 Å². The van der Waals surface area contributed by atoms with E-state index < -0.39 is 0 Å². The number of hydrogen-bond acceptors (Lipinski definition) is 4. The van der Waals surface area contributed by atoms with E-state index in [1.807, 2.05) is 17.3 Å². The minimum atomic E-state index is 0.925. The summed E-state index contributed by atoms with van der Waals surface area (Å²) < 4.78 is 0. The number of thiazole rings is 1. The molecule has 0 atom stereocenters. The standard InChI is InChI=1S/C11H20N2S2/c1-14-7-5-3-2-4-6-12-8-11-9-15-10-13-11/h9-10,12H,2-8H2,1H3. The first-order valence-electron chi connectivity index (χ1n) is 5.50. The van der Waals surface area contributed by atoms with Crippen LogP contribution in [0.3, 0.4) is 0 Å². The van der Waals surface area contributed by atoms with Crippen LogP contribution in [-0.4, -0.2) is 23.5 Å². The highest BCUT2D eigenvalue weighted by Gasteiger charge is 1.93. The molecule has 86 valence electrons. The highest BCUT2D eigenvalue weighted by Crippen LogP contribution is 2.04. The van der Waals surface area contributed by atoms with Crippen molar-refractivity contribution < 1.29 is 0 Å². The van der Waals surface area contributed by atoms with E-state index in [-0.39, 0.29) is 0 Å². The van der Waals surface area contributed by atoms with Gasteiger partial charge in [-0.1, -0.05) is 12.8 Å². The van der Waals surface area contributed by atoms with E-state index in [1.54, 1.807) is 11.3 Å². The molecule has 0 aliphatic heterocycles. The lowest BCUT2D eigenvalue weighted by molar-refractivity contribution is 0.596. The Kier molecular flexibility index (Phi) is 7.97. The van der Waals surface area contributed by atoms with Gasteiger partial charge in [-0.2, -0.15) is 11.8 Å². The molecule has 0 saturated carbocycles. The van der Waals surface area contributed by atoms with Crippen molar-refractivity contribution in [1.29, 1.82) is 0 Å². The van der Waals surface area contributed by atoms with Gasteiger partial charge in [0.15, 0.2) is 0 Å². The van der Waals surface area contributed by atoms with Crippen molar-refractivity contribution in [3.8, 4) is 0 Å². The Hall–Kier alpha value is -0.0600. The Morgan fingerprint density at radius 3 is 2.93 bits per heavy atom. The number of thioether (sulfide) groups is 1. The fourth-order valence-electron chi connectivity index (χ4n) is 1.39. The van der Waals surface area contributed by atoms with Gasteiger partial charge >= 0.3 is 0 Å². The van der Waals surface area contributed by atoms with Crippen LogP contribution in [-0.2, 0) is 6.54 Å². The van der Waals surface area contributed by atoms with Crippen LogP contribution in [0.15, 0.2) is 10.9 Å². The van der Waals surface area contributed by atoms with E-state index in [9.17, 15) is 0 Å². The van der Waals surface area contributed by atoms with Crippen molar-refractivity contribution in [2.24, 2.45) is 0 Å². The number of nitrogens with zero attached hydrogens (tertiary/aromatic N) is 1. The summed E-state index contributed by atoms with van der Waals surface area (Å²) in [6.07, 6.45) is 7.56. The second-order valence-corrected chi connectivity index (χ2v) is 5.27. The molecule has 0 fully saturated rings. The van der Waals surface area contributed by atoms with E-state index in [4.69, 9.17) is 0 Å². The summed E-state index contributed by atoms with van der Waals surface area (Å²) in [7, 11) is 0. The van der Waals surface area contributed by atoms with Gasteiger partial charge in [0, 0.05) is 11.9 Å². The molecular formula is C11H20N2S2. The first-order chi connectivity index (χ1) is 7.43. The predicted octanol–water partition coefficient (Wildman–Crippen LogP) is 3.16. The Bertz CT molecular complexity index is 225. The molecule has 1 heterocycles. The van der Waals surface area contributed by atoms with Crippen LogP contribution in [0.5, 0.6) is 0 Å². The molecule has 0 unspecified atom stereocenters. The molecule has 1 rings (SSSR count). The summed E-state index contributed by atoms with van der Waals surface area (Å²) in [5.74, 6) is 1.31. The molecule has 1 aromatic rings. The Labute approximate surface area is 101 Å². The van der Waals surface area contributed by atoms with Crippen LogP contribution in [0.2, 0.25) is 0 Å². The van der Waals surface area contributed by atoms with Gasteiger partial charge in [-0.25, -0.2) is 4.98 Å². The number of hydrogen-bond donors (Lipinski definition) is 1. The largest absolute Gasteiger partial charge is 0.311 e. The van der Waals surface area contributed by atoms with Gasteiger partial charge in [-0.3, -0.25) is 0 Å². The lowest BCUT2D eigenvalue weighted by Crippen LogP contribution is -2.14. The maximum atomic E-state index is 4.23. The molecule has 15 heavy (non-hydrogen) atoms. The molecule has 0 aliphatic rings. The van der Waals surface area contributed by atoms with Crippen LogP contribution in [0, 0.1) is 0 Å². The fourth-order valence-corrected chi connectivity index (χ4v) is 2.44. The Morgan fingerprint density at radius 1 is 1.33 bits per heavy atom. The summed E-state index contributed by atoms with van der Waals surface area (Å²) in [4.78, 5) is 4.23. The fraction of sp³-hybridized carbons (Fsp3) is 0.727. The monoisotopic (exact) mass is 244 g/mol. The lowest BCUT2D eigenvalue weighted by atomic mass is 10.2. The second kappa shape index (κ2) is 9.19. The first kappa shape index (κ1) is 13.0. The number of unbranched alkanes of at least 4 members (excludes halogenated alkanes) is 3. The van der Waals surface area contributed by atoms with Gasteiger partial charge < -0.3 is 5.32 Å². The van der Waals surface area contributed by atoms with Gasteiger partial charge in [0.25, 0.3) is 0 Å². The molecule has 0 amide bonds. The van der Waals surface area contributed by atoms with Crippen molar-refractivity contribution in [2.75, 3.05) is 18.6 Å². The minimum absolute atomic E-state index is 0.925. The summed E-state index contributed by atoms with van der Waals surface area (Å²) >= 11 is 3.61. The van der Waals surface area contributed by atoms with Crippen LogP contribution in [0.25, 0.3) is 0 Å². The maximum Gasteiger partial charge on any atom is 0.0795 e. The zero-order valence-corrected chi connectivity index (χ0v) is 11.0. The van der Waals surface area contributed by atoms with Gasteiger partial charge in [0.05, 0.1) is 11.2 Å². The SMILES string of the molecule is CSCCCCCCNCc1cscn1. The molecule has 0 aromatic carbocycles. The van der Waals surface area contributed by atoms with E-state index >= 15 is 0 Å². The topological polar surface area (TPSA) is 24.9 Å². The average molecular weight is 244 g/mol. The number of nitrogens with one attached hydrogen (secondary N) is 1. The normalized spacial score (nSPS) is 10.7. The third-order valence-corrected chi connectivity index (χ3v) is 3.57. The van der Waals surface area contributed by atoms with Crippen molar-refractivity contribution in [2.45, 2.75) is 32.2 Å².